The van der Waals surface area contributed by atoms with Crippen LogP contribution in [0, 0.1) is 33.3 Å². The van der Waals surface area contributed by atoms with Crippen molar-refractivity contribution in [3.8, 4) is 17.9 Å². The van der Waals surface area contributed by atoms with E-state index in [-0.39, 0.29) is 11.3 Å². The molecule has 1 rings (SSSR count). The largest absolute Gasteiger partial charge is 0.444 e. The number of alkyl carbamates (subject to hydrolysis) is 1. The second-order valence-corrected chi connectivity index (χ2v) is 5.62. The fraction of sp³-hybridized carbons (Fsp3) is 0.375. The van der Waals surface area contributed by atoms with Gasteiger partial charge in [-0.1, -0.05) is 11.8 Å². The summed E-state index contributed by atoms with van der Waals surface area (Å²) >= 11 is 0. The smallest absolute Gasteiger partial charge is 0.407 e. The van der Waals surface area contributed by atoms with E-state index in [1.807, 2.05) is 6.07 Å². The Hall–Kier alpha value is -3.06. The monoisotopic (exact) mass is 315 g/mol. The summed E-state index contributed by atoms with van der Waals surface area (Å²) in [6.07, 6.45) is -0.175. The molecule has 120 valence electrons. The van der Waals surface area contributed by atoms with Crippen molar-refractivity contribution in [2.75, 3.05) is 6.54 Å². The molecule has 1 aromatic carbocycles. The van der Waals surface area contributed by atoms with Gasteiger partial charge >= 0.3 is 6.09 Å². The molecule has 23 heavy (non-hydrogen) atoms. The summed E-state index contributed by atoms with van der Waals surface area (Å²) in [4.78, 5) is 21.6. The van der Waals surface area contributed by atoms with Crippen LogP contribution in [0.15, 0.2) is 18.2 Å². The van der Waals surface area contributed by atoms with E-state index in [9.17, 15) is 14.9 Å². The average Bonchev–Trinajstić information content (AvgIpc) is 2.44. The number of rotatable bonds is 3. The minimum atomic E-state index is -0.573. The fourth-order valence-corrected chi connectivity index (χ4v) is 1.56. The van der Waals surface area contributed by atoms with Gasteiger partial charge in [-0.05, 0) is 26.8 Å². The highest BCUT2D eigenvalue weighted by atomic mass is 16.6. The SMILES string of the molecule is CC(C)(C)OC(=O)NCCC#Cc1cc(C#N)cc([N+](=O)[O-])c1. The maximum Gasteiger partial charge on any atom is 0.407 e. The summed E-state index contributed by atoms with van der Waals surface area (Å²) in [6, 6.07) is 5.82. The molecule has 0 aliphatic rings. The lowest BCUT2D eigenvalue weighted by Crippen LogP contribution is -2.32. The van der Waals surface area contributed by atoms with Crippen molar-refractivity contribution >= 4 is 11.8 Å². The Balaban J connectivity index is 2.60. The lowest BCUT2D eigenvalue weighted by atomic mass is 10.1. The van der Waals surface area contributed by atoms with Crippen molar-refractivity contribution in [1.29, 1.82) is 5.26 Å². The average molecular weight is 315 g/mol. The van der Waals surface area contributed by atoms with Gasteiger partial charge in [0.15, 0.2) is 0 Å². The zero-order chi connectivity index (χ0) is 17.5. The van der Waals surface area contributed by atoms with Gasteiger partial charge in [-0.3, -0.25) is 10.1 Å². The number of hydrogen-bond donors (Lipinski definition) is 1. The summed E-state index contributed by atoms with van der Waals surface area (Å²) < 4.78 is 5.07. The summed E-state index contributed by atoms with van der Waals surface area (Å²) in [6.45, 7) is 5.59. The molecular weight excluding hydrogens is 298 g/mol. The van der Waals surface area contributed by atoms with E-state index in [4.69, 9.17) is 10.00 Å². The van der Waals surface area contributed by atoms with Crippen molar-refractivity contribution < 1.29 is 14.5 Å². The number of ether oxygens (including phenoxy) is 1. The summed E-state index contributed by atoms with van der Waals surface area (Å²) in [5.74, 6) is 5.52. The zero-order valence-electron chi connectivity index (χ0n) is 13.2. The molecule has 7 nitrogen and oxygen atoms in total. The second-order valence-electron chi connectivity index (χ2n) is 5.62. The van der Waals surface area contributed by atoms with Gasteiger partial charge in [0.25, 0.3) is 5.69 Å². The summed E-state index contributed by atoms with van der Waals surface area (Å²) in [5, 5.41) is 22.2. The Morgan fingerprint density at radius 2 is 2.00 bits per heavy atom. The molecule has 0 saturated carbocycles. The van der Waals surface area contributed by atoms with Gasteiger partial charge in [0.05, 0.1) is 16.6 Å². The molecule has 0 aliphatic heterocycles. The Bertz CT molecular complexity index is 703. The third-order valence-corrected chi connectivity index (χ3v) is 2.41. The number of nitro groups is 1. The Kier molecular flexibility index (Phi) is 6.11. The normalized spacial score (nSPS) is 10.0. The van der Waals surface area contributed by atoms with Crippen LogP contribution in [0.4, 0.5) is 10.5 Å². The third kappa shape index (κ3) is 6.96. The molecule has 1 amide bonds. The molecule has 0 radical (unpaired) electrons. The number of nitrogens with zero attached hydrogens (tertiary/aromatic N) is 2. The van der Waals surface area contributed by atoms with Gasteiger partial charge in [0.1, 0.15) is 5.60 Å². The Morgan fingerprint density at radius 1 is 1.35 bits per heavy atom. The minimum absolute atomic E-state index is 0.176. The third-order valence-electron chi connectivity index (χ3n) is 2.41. The minimum Gasteiger partial charge on any atom is -0.444 e. The fourth-order valence-electron chi connectivity index (χ4n) is 1.56. The topological polar surface area (TPSA) is 105 Å². The van der Waals surface area contributed by atoms with Gasteiger partial charge < -0.3 is 10.1 Å². The predicted molar refractivity (Wildman–Crippen MR) is 83.5 cm³/mol. The molecule has 1 aromatic rings. The van der Waals surface area contributed by atoms with E-state index >= 15 is 0 Å². The van der Waals surface area contributed by atoms with E-state index in [1.54, 1.807) is 20.8 Å². The molecule has 0 fully saturated rings. The number of nitro benzene ring substituents is 1. The van der Waals surface area contributed by atoms with Gasteiger partial charge in [-0.25, -0.2) is 4.79 Å². The molecular formula is C16H17N3O4. The quantitative estimate of drug-likeness (QED) is 0.399. The van der Waals surface area contributed by atoms with Crippen LogP contribution in [0.2, 0.25) is 0 Å². The summed E-state index contributed by atoms with van der Waals surface area (Å²) in [5.41, 5.74) is -0.185. The number of benzene rings is 1. The maximum atomic E-state index is 11.4. The molecule has 0 aliphatic carbocycles. The van der Waals surface area contributed by atoms with Crippen molar-refractivity contribution in [3.05, 3.63) is 39.4 Å². The summed E-state index contributed by atoms with van der Waals surface area (Å²) in [7, 11) is 0. The van der Waals surface area contributed by atoms with E-state index in [0.29, 0.717) is 18.5 Å². The van der Waals surface area contributed by atoms with Gasteiger partial charge in [0, 0.05) is 30.7 Å². The highest BCUT2D eigenvalue weighted by Gasteiger charge is 2.15. The number of hydrogen-bond acceptors (Lipinski definition) is 5. The highest BCUT2D eigenvalue weighted by molar-refractivity contribution is 5.67. The first-order chi connectivity index (χ1) is 10.7. The lowest BCUT2D eigenvalue weighted by Gasteiger charge is -2.19. The van der Waals surface area contributed by atoms with Crippen LogP contribution in [0.1, 0.15) is 38.3 Å². The van der Waals surface area contributed by atoms with Crippen LogP contribution in [-0.2, 0) is 4.74 Å². The van der Waals surface area contributed by atoms with Crippen molar-refractivity contribution in [2.45, 2.75) is 32.8 Å². The van der Waals surface area contributed by atoms with Crippen LogP contribution in [-0.4, -0.2) is 23.2 Å². The molecule has 0 saturated heterocycles. The molecule has 1 N–H and O–H groups in total. The number of nitriles is 1. The van der Waals surface area contributed by atoms with Crippen LogP contribution in [0.5, 0.6) is 0 Å². The number of carbonyl (C=O) groups is 1. The standard InChI is InChI=1S/C16H17N3O4/c1-16(2,3)23-15(20)18-7-5-4-6-12-8-13(11-17)10-14(9-12)19(21)22/h8-10H,5,7H2,1-3H3,(H,18,20). The Morgan fingerprint density at radius 3 is 2.57 bits per heavy atom. The first-order valence-corrected chi connectivity index (χ1v) is 6.86. The van der Waals surface area contributed by atoms with E-state index < -0.39 is 16.6 Å². The zero-order valence-corrected chi connectivity index (χ0v) is 13.2. The molecule has 0 spiro atoms. The molecule has 0 unspecified atom stereocenters. The number of carbonyl (C=O) groups excluding carboxylic acids is 1. The van der Waals surface area contributed by atoms with E-state index in [2.05, 4.69) is 17.2 Å². The molecule has 7 heteroatoms. The van der Waals surface area contributed by atoms with Crippen molar-refractivity contribution in [1.82, 2.24) is 5.32 Å². The predicted octanol–water partition coefficient (Wildman–Crippen LogP) is 2.73. The second kappa shape index (κ2) is 7.81. The number of amides is 1. The highest BCUT2D eigenvalue weighted by Crippen LogP contribution is 2.16. The van der Waals surface area contributed by atoms with Crippen molar-refractivity contribution in [2.24, 2.45) is 0 Å². The molecule has 0 aromatic heterocycles. The number of non-ortho nitro benzene ring substituents is 1. The van der Waals surface area contributed by atoms with Gasteiger partial charge in [-0.15, -0.1) is 0 Å². The molecule has 0 heterocycles. The van der Waals surface area contributed by atoms with E-state index in [1.165, 1.54) is 18.2 Å². The molecule has 0 bridgehead atoms. The number of nitrogens with one attached hydrogen (secondary N) is 1. The van der Waals surface area contributed by atoms with Crippen LogP contribution >= 0.6 is 0 Å². The Labute approximate surface area is 134 Å². The van der Waals surface area contributed by atoms with Crippen LogP contribution < -0.4 is 5.32 Å². The van der Waals surface area contributed by atoms with Gasteiger partial charge in [0.2, 0.25) is 0 Å². The molecule has 0 atom stereocenters. The van der Waals surface area contributed by atoms with E-state index in [0.717, 1.165) is 0 Å². The van der Waals surface area contributed by atoms with Crippen LogP contribution in [0.3, 0.4) is 0 Å². The first kappa shape index (κ1) is 18.0. The van der Waals surface area contributed by atoms with Crippen LogP contribution in [0.25, 0.3) is 0 Å². The first-order valence-electron chi connectivity index (χ1n) is 6.86. The van der Waals surface area contributed by atoms with Crippen molar-refractivity contribution in [3.63, 3.8) is 0 Å². The van der Waals surface area contributed by atoms with Gasteiger partial charge in [-0.2, -0.15) is 5.26 Å². The lowest BCUT2D eigenvalue weighted by molar-refractivity contribution is -0.384. The maximum absolute atomic E-state index is 11.4.